The minimum Gasteiger partial charge on any atom is -0.466 e. The molecule has 0 atom stereocenters. The molecule has 0 aromatic heterocycles. The molecule has 4 heteroatoms. The second-order valence-corrected chi connectivity index (χ2v) is 7.98. The van der Waals surface area contributed by atoms with E-state index in [1.165, 1.54) is 103 Å². The molecule has 0 aliphatic heterocycles. The van der Waals surface area contributed by atoms with Crippen molar-refractivity contribution in [3.63, 3.8) is 0 Å². The average Bonchev–Trinajstić information content (AvgIpc) is 2.57. The normalized spacial score (nSPS) is 10.1. The molecule has 4 nitrogen and oxygen atoms in total. The molecule has 0 unspecified atom stereocenters. The molecule has 0 aliphatic rings. The first-order chi connectivity index (χ1) is 12.5. The van der Waals surface area contributed by atoms with Gasteiger partial charge in [0.25, 0.3) is 0 Å². The Balaban J connectivity index is -0.00000104. The molecule has 0 fully saturated rings. The summed E-state index contributed by atoms with van der Waals surface area (Å²) in [7, 11) is 6.00. The van der Waals surface area contributed by atoms with Crippen molar-refractivity contribution in [3.8, 4) is 0 Å². The van der Waals surface area contributed by atoms with Crippen molar-refractivity contribution in [2.24, 2.45) is 0 Å². The minimum absolute atomic E-state index is 0. The SMILES string of the molecule is CCCCCCCCCCCCCCCCCCOC(C)=O.CN(C)C.N. The van der Waals surface area contributed by atoms with Crippen molar-refractivity contribution in [1.82, 2.24) is 11.1 Å². The third kappa shape index (κ3) is 41.1. The fourth-order valence-corrected chi connectivity index (χ4v) is 2.87. The largest absolute Gasteiger partial charge is 0.466 e. The molecule has 0 bridgehead atoms. The molecule has 0 rings (SSSR count). The molecule has 0 saturated heterocycles. The summed E-state index contributed by atoms with van der Waals surface area (Å²) >= 11 is 0. The Labute approximate surface area is 171 Å². The van der Waals surface area contributed by atoms with Gasteiger partial charge in [0.05, 0.1) is 6.61 Å². The smallest absolute Gasteiger partial charge is 0.302 e. The van der Waals surface area contributed by atoms with Crippen LogP contribution in [0.25, 0.3) is 0 Å². The van der Waals surface area contributed by atoms with E-state index in [9.17, 15) is 4.79 Å². The fourth-order valence-electron chi connectivity index (χ4n) is 2.87. The maximum absolute atomic E-state index is 10.6. The van der Waals surface area contributed by atoms with Gasteiger partial charge in [-0.1, -0.05) is 103 Å². The minimum atomic E-state index is -0.152. The zero-order valence-corrected chi connectivity index (χ0v) is 19.5. The van der Waals surface area contributed by atoms with E-state index in [2.05, 4.69) is 6.92 Å². The van der Waals surface area contributed by atoms with Gasteiger partial charge in [-0.2, -0.15) is 0 Å². The summed E-state index contributed by atoms with van der Waals surface area (Å²) in [5, 5.41) is 0. The Hall–Kier alpha value is -0.610. The van der Waals surface area contributed by atoms with Gasteiger partial charge in [0.2, 0.25) is 0 Å². The number of carbonyl (C=O) groups excluding carboxylic acids is 1. The zero-order valence-electron chi connectivity index (χ0n) is 19.5. The zero-order chi connectivity index (χ0) is 19.9. The number of carbonyl (C=O) groups is 1. The summed E-state index contributed by atoms with van der Waals surface area (Å²) in [5.74, 6) is -0.152. The Morgan fingerprint density at radius 3 is 1.15 bits per heavy atom. The van der Waals surface area contributed by atoms with E-state index < -0.39 is 0 Å². The van der Waals surface area contributed by atoms with Crippen LogP contribution in [-0.2, 0) is 9.53 Å². The van der Waals surface area contributed by atoms with E-state index in [4.69, 9.17) is 4.74 Å². The lowest BCUT2D eigenvalue weighted by molar-refractivity contribution is -0.141. The molecule has 166 valence electrons. The second-order valence-electron chi connectivity index (χ2n) is 7.98. The van der Waals surface area contributed by atoms with Gasteiger partial charge in [0.15, 0.2) is 0 Å². The molecule has 0 spiro atoms. The number of nitrogens with zero attached hydrogens (tertiary/aromatic N) is 1. The van der Waals surface area contributed by atoms with Gasteiger partial charge in [0, 0.05) is 6.92 Å². The van der Waals surface area contributed by atoms with Gasteiger partial charge >= 0.3 is 5.97 Å². The molecule has 0 radical (unpaired) electrons. The van der Waals surface area contributed by atoms with Crippen molar-refractivity contribution < 1.29 is 9.53 Å². The number of unbranched alkanes of at least 4 members (excludes halogenated alkanes) is 15. The Morgan fingerprint density at radius 1 is 0.630 bits per heavy atom. The number of rotatable bonds is 17. The van der Waals surface area contributed by atoms with Gasteiger partial charge in [-0.05, 0) is 27.6 Å². The van der Waals surface area contributed by atoms with Crippen LogP contribution in [0.3, 0.4) is 0 Å². The highest BCUT2D eigenvalue weighted by atomic mass is 16.5. The highest BCUT2D eigenvalue weighted by Gasteiger charge is 1.95. The third-order valence-corrected chi connectivity index (χ3v) is 4.30. The molecule has 3 N–H and O–H groups in total. The van der Waals surface area contributed by atoms with Crippen LogP contribution in [0.15, 0.2) is 0 Å². The van der Waals surface area contributed by atoms with Gasteiger partial charge < -0.3 is 15.8 Å². The number of ether oxygens (including phenoxy) is 1. The van der Waals surface area contributed by atoms with E-state index in [-0.39, 0.29) is 12.1 Å². The highest BCUT2D eigenvalue weighted by molar-refractivity contribution is 5.65. The predicted octanol–water partition coefficient (Wildman–Crippen LogP) is 7.15. The second kappa shape index (κ2) is 27.6. The van der Waals surface area contributed by atoms with Crippen LogP contribution in [0.2, 0.25) is 0 Å². The Morgan fingerprint density at radius 2 is 0.889 bits per heavy atom. The lowest BCUT2D eigenvalue weighted by Crippen LogP contribution is -2.00. The van der Waals surface area contributed by atoms with Crippen LogP contribution in [0, 0.1) is 0 Å². The van der Waals surface area contributed by atoms with Crippen molar-refractivity contribution in [2.45, 2.75) is 117 Å². The summed E-state index contributed by atoms with van der Waals surface area (Å²) in [6.07, 6.45) is 22.0. The van der Waals surface area contributed by atoms with Gasteiger partial charge in [-0.25, -0.2) is 0 Å². The van der Waals surface area contributed by atoms with E-state index in [1.54, 1.807) is 0 Å². The first-order valence-electron chi connectivity index (χ1n) is 11.2. The van der Waals surface area contributed by atoms with Crippen LogP contribution < -0.4 is 6.15 Å². The third-order valence-electron chi connectivity index (χ3n) is 4.30. The van der Waals surface area contributed by atoms with Crippen molar-refractivity contribution in [1.29, 1.82) is 0 Å². The quantitative estimate of drug-likeness (QED) is 0.212. The topological polar surface area (TPSA) is 64.5 Å². The number of hydrogen-bond acceptors (Lipinski definition) is 4. The predicted molar refractivity (Wildman–Crippen MR) is 121 cm³/mol. The van der Waals surface area contributed by atoms with Crippen LogP contribution in [0.4, 0.5) is 0 Å². The number of hydrogen-bond donors (Lipinski definition) is 1. The number of esters is 1. The van der Waals surface area contributed by atoms with Crippen LogP contribution in [-0.4, -0.2) is 38.6 Å². The molecule has 0 aliphatic carbocycles. The summed E-state index contributed by atoms with van der Waals surface area (Å²) < 4.78 is 4.92. The van der Waals surface area contributed by atoms with Crippen LogP contribution in [0.1, 0.15) is 117 Å². The maximum Gasteiger partial charge on any atom is 0.302 e. The van der Waals surface area contributed by atoms with Crippen molar-refractivity contribution >= 4 is 5.97 Å². The Bertz CT molecular complexity index is 268. The first kappa shape index (κ1) is 31.1. The molecule has 27 heavy (non-hydrogen) atoms. The van der Waals surface area contributed by atoms with E-state index in [0.29, 0.717) is 6.61 Å². The van der Waals surface area contributed by atoms with E-state index in [0.717, 1.165) is 6.42 Å². The van der Waals surface area contributed by atoms with E-state index >= 15 is 0 Å². The van der Waals surface area contributed by atoms with Crippen molar-refractivity contribution in [3.05, 3.63) is 0 Å². The van der Waals surface area contributed by atoms with Crippen LogP contribution in [0.5, 0.6) is 0 Å². The average molecular weight is 389 g/mol. The van der Waals surface area contributed by atoms with E-state index in [1.807, 2.05) is 26.0 Å². The molecular formula is C23H52N2O2. The molecule has 0 saturated carbocycles. The molecule has 0 heterocycles. The van der Waals surface area contributed by atoms with Gasteiger partial charge in [0.1, 0.15) is 0 Å². The van der Waals surface area contributed by atoms with Crippen LogP contribution >= 0.6 is 0 Å². The standard InChI is InChI=1S/C20H40O2.C3H9N.H3N/c1-3-4-5-6-7-8-9-10-11-12-13-14-15-16-17-18-19-22-20(2)21;1-4(2)3;/h3-19H2,1-2H3;1-3H3;1H3. The highest BCUT2D eigenvalue weighted by Crippen LogP contribution is 2.13. The maximum atomic E-state index is 10.6. The summed E-state index contributed by atoms with van der Waals surface area (Å²) in [5.41, 5.74) is 0. The lowest BCUT2D eigenvalue weighted by Gasteiger charge is -2.04. The molecule has 0 aromatic rings. The lowest BCUT2D eigenvalue weighted by atomic mass is 10.0. The van der Waals surface area contributed by atoms with Crippen molar-refractivity contribution in [2.75, 3.05) is 27.7 Å². The monoisotopic (exact) mass is 388 g/mol. The Kier molecular flexibility index (Phi) is 31.8. The summed E-state index contributed by atoms with van der Waals surface area (Å²) in [4.78, 5) is 12.6. The van der Waals surface area contributed by atoms with Gasteiger partial charge in [-0.15, -0.1) is 0 Å². The molecular weight excluding hydrogens is 336 g/mol. The molecule has 0 aromatic carbocycles. The summed E-state index contributed by atoms with van der Waals surface area (Å²) in [6, 6.07) is 0. The molecule has 0 amide bonds. The fraction of sp³-hybridized carbons (Fsp3) is 0.957. The van der Waals surface area contributed by atoms with Gasteiger partial charge in [-0.3, -0.25) is 4.79 Å². The first-order valence-corrected chi connectivity index (χ1v) is 11.2. The summed E-state index contributed by atoms with van der Waals surface area (Å²) in [6.45, 7) is 4.36.